The van der Waals surface area contributed by atoms with Gasteiger partial charge in [-0.25, -0.2) is 0 Å². The summed E-state index contributed by atoms with van der Waals surface area (Å²) in [5, 5.41) is 11.6. The normalized spacial score (nSPS) is 16.4. The first-order chi connectivity index (χ1) is 18.8. The van der Waals surface area contributed by atoms with Gasteiger partial charge in [0.2, 0.25) is 0 Å². The summed E-state index contributed by atoms with van der Waals surface area (Å²) in [5.41, 5.74) is 4.28. The number of anilines is 1. The summed E-state index contributed by atoms with van der Waals surface area (Å²) in [6, 6.07) is 26.8. The molecule has 1 atom stereocenters. The van der Waals surface area contributed by atoms with Crippen molar-refractivity contribution in [2.24, 2.45) is 0 Å². The van der Waals surface area contributed by atoms with E-state index in [2.05, 4.69) is 0 Å². The van der Waals surface area contributed by atoms with Crippen LogP contribution in [0, 0.1) is 20.8 Å². The van der Waals surface area contributed by atoms with E-state index in [4.69, 9.17) is 9.47 Å². The van der Waals surface area contributed by atoms with Crippen molar-refractivity contribution in [2.75, 3.05) is 12.0 Å². The van der Waals surface area contributed by atoms with Gasteiger partial charge in [0, 0.05) is 11.3 Å². The zero-order chi connectivity index (χ0) is 27.7. The average molecular weight is 520 g/mol. The number of Topliss-reactive ketones (excluding diaryl/α,β-unsaturated/α-hetero) is 1. The number of carbonyl (C=O) groups excluding carboxylic acids is 2. The van der Waals surface area contributed by atoms with Crippen LogP contribution in [0.4, 0.5) is 5.69 Å². The number of ether oxygens (including phenoxy) is 2. The molecule has 1 heterocycles. The predicted molar refractivity (Wildman–Crippen MR) is 151 cm³/mol. The first kappa shape index (κ1) is 25.8. The van der Waals surface area contributed by atoms with Gasteiger partial charge in [-0.2, -0.15) is 0 Å². The molecule has 0 aromatic heterocycles. The number of aliphatic hydroxyl groups is 1. The van der Waals surface area contributed by atoms with E-state index in [0.717, 1.165) is 22.3 Å². The van der Waals surface area contributed by atoms with Gasteiger partial charge in [0.05, 0.1) is 18.7 Å². The predicted octanol–water partition coefficient (Wildman–Crippen LogP) is 7.04. The Kier molecular flexibility index (Phi) is 6.94. The molecule has 1 saturated heterocycles. The van der Waals surface area contributed by atoms with Crippen LogP contribution in [-0.4, -0.2) is 23.9 Å². The summed E-state index contributed by atoms with van der Waals surface area (Å²) >= 11 is 0. The van der Waals surface area contributed by atoms with Crippen LogP contribution in [0.3, 0.4) is 0 Å². The minimum Gasteiger partial charge on any atom is -0.507 e. The second kappa shape index (κ2) is 10.5. The van der Waals surface area contributed by atoms with E-state index in [1.165, 1.54) is 4.90 Å². The molecule has 1 N–H and O–H groups in total. The maximum atomic E-state index is 13.5. The number of methoxy groups -OCH3 is 1. The Morgan fingerprint density at radius 3 is 2.15 bits per heavy atom. The van der Waals surface area contributed by atoms with Gasteiger partial charge in [-0.3, -0.25) is 14.5 Å². The van der Waals surface area contributed by atoms with Gasteiger partial charge >= 0.3 is 0 Å². The van der Waals surface area contributed by atoms with Crippen molar-refractivity contribution >= 4 is 23.1 Å². The Labute approximate surface area is 227 Å². The number of hydrogen-bond acceptors (Lipinski definition) is 5. The molecule has 196 valence electrons. The Bertz CT molecular complexity index is 1590. The molecule has 4 aromatic rings. The summed E-state index contributed by atoms with van der Waals surface area (Å²) in [7, 11) is 1.58. The van der Waals surface area contributed by atoms with Crippen molar-refractivity contribution in [1.82, 2.24) is 0 Å². The van der Waals surface area contributed by atoms with Gasteiger partial charge in [0.15, 0.2) is 0 Å². The summed E-state index contributed by atoms with van der Waals surface area (Å²) in [6.45, 7) is 5.65. The first-order valence-corrected chi connectivity index (χ1v) is 12.6. The van der Waals surface area contributed by atoms with Crippen LogP contribution in [-0.2, 0) is 9.59 Å². The van der Waals surface area contributed by atoms with Crippen molar-refractivity contribution in [3.8, 4) is 17.2 Å². The minimum atomic E-state index is -0.812. The third-order valence-electron chi connectivity index (χ3n) is 6.89. The lowest BCUT2D eigenvalue weighted by Crippen LogP contribution is -2.29. The van der Waals surface area contributed by atoms with Gasteiger partial charge < -0.3 is 14.6 Å². The summed E-state index contributed by atoms with van der Waals surface area (Å²) in [6.07, 6.45) is 0. The molecule has 1 aliphatic rings. The molecule has 1 amide bonds. The molecule has 6 nitrogen and oxygen atoms in total. The standard InChI is InChI=1S/C33H29NO5/c1-20-9-8-10-23(17-20)30-29(31(35)27-18-22(3)28(38-4)19-21(27)2)32(36)33(37)34(30)24-13-15-26(16-14-24)39-25-11-6-5-7-12-25/h5-19,30,35H,1-4H3/b31-29+. The lowest BCUT2D eigenvalue weighted by atomic mass is 9.92. The molecular formula is C33H29NO5. The minimum absolute atomic E-state index is 0.0443. The molecule has 4 aromatic carbocycles. The number of amides is 1. The van der Waals surface area contributed by atoms with E-state index in [9.17, 15) is 14.7 Å². The highest BCUT2D eigenvalue weighted by molar-refractivity contribution is 6.51. The first-order valence-electron chi connectivity index (χ1n) is 12.6. The molecule has 5 rings (SSSR count). The van der Waals surface area contributed by atoms with Gasteiger partial charge in [-0.1, -0.05) is 48.0 Å². The van der Waals surface area contributed by atoms with Crippen molar-refractivity contribution in [1.29, 1.82) is 0 Å². The monoisotopic (exact) mass is 519 g/mol. The van der Waals surface area contributed by atoms with Gasteiger partial charge in [-0.05, 0) is 86.0 Å². The zero-order valence-corrected chi connectivity index (χ0v) is 22.3. The molecule has 0 bridgehead atoms. The Morgan fingerprint density at radius 2 is 1.49 bits per heavy atom. The molecule has 39 heavy (non-hydrogen) atoms. The van der Waals surface area contributed by atoms with Crippen LogP contribution in [0.1, 0.15) is 33.9 Å². The number of aliphatic hydroxyl groups excluding tert-OH is 1. The molecule has 1 unspecified atom stereocenters. The Balaban J connectivity index is 1.62. The number of nitrogens with zero attached hydrogens (tertiary/aromatic N) is 1. The van der Waals surface area contributed by atoms with Crippen molar-refractivity contribution in [3.63, 3.8) is 0 Å². The topological polar surface area (TPSA) is 76.1 Å². The quantitative estimate of drug-likeness (QED) is 0.168. The highest BCUT2D eigenvalue weighted by Crippen LogP contribution is 2.43. The average Bonchev–Trinajstić information content (AvgIpc) is 3.20. The van der Waals surface area contributed by atoms with E-state index in [1.807, 2.05) is 81.4 Å². The Hall–Kier alpha value is -4.84. The summed E-state index contributed by atoms with van der Waals surface area (Å²) < 4.78 is 11.3. The second-order valence-electron chi connectivity index (χ2n) is 9.63. The van der Waals surface area contributed by atoms with Gasteiger partial charge in [0.1, 0.15) is 23.0 Å². The maximum Gasteiger partial charge on any atom is 0.300 e. The molecule has 0 spiro atoms. The number of para-hydroxylation sites is 1. The number of ketones is 1. The second-order valence-corrected chi connectivity index (χ2v) is 9.63. The van der Waals surface area contributed by atoms with Crippen LogP contribution in [0.15, 0.2) is 96.6 Å². The van der Waals surface area contributed by atoms with Crippen LogP contribution in [0.5, 0.6) is 17.2 Å². The largest absolute Gasteiger partial charge is 0.507 e. The van der Waals surface area contributed by atoms with Crippen molar-refractivity contribution < 1.29 is 24.2 Å². The van der Waals surface area contributed by atoms with Crippen molar-refractivity contribution in [3.05, 3.63) is 124 Å². The molecule has 6 heteroatoms. The van der Waals surface area contributed by atoms with Crippen molar-refractivity contribution in [2.45, 2.75) is 26.8 Å². The van der Waals surface area contributed by atoms with Crippen LogP contribution >= 0.6 is 0 Å². The molecule has 1 aliphatic heterocycles. The maximum absolute atomic E-state index is 13.5. The zero-order valence-electron chi connectivity index (χ0n) is 22.3. The number of rotatable bonds is 6. The summed E-state index contributed by atoms with van der Waals surface area (Å²) in [5.74, 6) is 0.305. The van der Waals surface area contributed by atoms with E-state index < -0.39 is 17.7 Å². The van der Waals surface area contributed by atoms with E-state index >= 15 is 0 Å². The van der Waals surface area contributed by atoms with E-state index in [1.54, 1.807) is 37.4 Å². The van der Waals surface area contributed by atoms with E-state index in [-0.39, 0.29) is 11.3 Å². The number of aryl methyl sites for hydroxylation is 3. The van der Waals surface area contributed by atoms with Crippen LogP contribution in [0.25, 0.3) is 5.76 Å². The molecule has 0 saturated carbocycles. The number of carbonyl (C=O) groups is 2. The lowest BCUT2D eigenvalue weighted by molar-refractivity contribution is -0.132. The third kappa shape index (κ3) is 4.89. The lowest BCUT2D eigenvalue weighted by Gasteiger charge is -2.26. The fourth-order valence-corrected chi connectivity index (χ4v) is 4.96. The highest BCUT2D eigenvalue weighted by atomic mass is 16.5. The number of benzene rings is 4. The number of hydrogen-bond donors (Lipinski definition) is 1. The van der Waals surface area contributed by atoms with Gasteiger partial charge in [-0.15, -0.1) is 0 Å². The van der Waals surface area contributed by atoms with Crippen LogP contribution in [0.2, 0.25) is 0 Å². The Morgan fingerprint density at radius 1 is 0.795 bits per heavy atom. The van der Waals surface area contributed by atoms with E-state index in [0.29, 0.717) is 28.5 Å². The smallest absolute Gasteiger partial charge is 0.300 e. The van der Waals surface area contributed by atoms with Gasteiger partial charge in [0.25, 0.3) is 11.7 Å². The fraction of sp³-hybridized carbons (Fsp3) is 0.152. The molecule has 1 fully saturated rings. The molecule has 0 radical (unpaired) electrons. The highest BCUT2D eigenvalue weighted by Gasteiger charge is 2.47. The van der Waals surface area contributed by atoms with Crippen LogP contribution < -0.4 is 14.4 Å². The fourth-order valence-electron chi connectivity index (χ4n) is 4.96. The third-order valence-corrected chi connectivity index (χ3v) is 6.89. The molecular weight excluding hydrogens is 490 g/mol. The molecule has 0 aliphatic carbocycles. The summed E-state index contributed by atoms with van der Waals surface area (Å²) in [4.78, 5) is 28.5. The SMILES string of the molecule is COc1cc(C)c(/C(O)=C2\C(=O)C(=O)N(c3ccc(Oc4ccccc4)cc3)C2c2cccc(C)c2)cc1C.